The molecule has 0 radical (unpaired) electrons. The third kappa shape index (κ3) is 7.38. The van der Waals surface area contributed by atoms with Crippen LogP contribution in [0.1, 0.15) is 24.0 Å². The van der Waals surface area contributed by atoms with Gasteiger partial charge in [0.15, 0.2) is 22.9 Å². The Morgan fingerprint density at radius 1 is 1.17 bits per heavy atom. The molecule has 41 heavy (non-hydrogen) atoms. The zero-order chi connectivity index (χ0) is 29.8. The van der Waals surface area contributed by atoms with E-state index < -0.39 is 40.9 Å². The summed E-state index contributed by atoms with van der Waals surface area (Å²) in [5.41, 5.74) is -3.90. The molecule has 2 aromatic rings. The number of carbonyl (C=O) groups is 1. The molecule has 1 fully saturated rings. The lowest BCUT2D eigenvalue weighted by atomic mass is 10.1. The van der Waals surface area contributed by atoms with Crippen molar-refractivity contribution < 1.29 is 50.1 Å². The van der Waals surface area contributed by atoms with Gasteiger partial charge in [0.05, 0.1) is 50.7 Å². The lowest BCUT2D eigenvalue weighted by Crippen LogP contribution is -2.55. The number of fused-ring (bicyclic) bond motifs is 3. The van der Waals surface area contributed by atoms with Gasteiger partial charge in [-0.15, -0.1) is 0 Å². The minimum Gasteiger partial charge on any atom is -0.490 e. The first kappa shape index (κ1) is 30.4. The molecule has 4 rings (SSSR count). The van der Waals surface area contributed by atoms with Crippen LogP contribution in [0.25, 0.3) is 0 Å². The fourth-order valence-corrected chi connectivity index (χ4v) is 4.58. The summed E-state index contributed by atoms with van der Waals surface area (Å²) in [6.45, 7) is 0.619. The standard InChI is InChI=1S/C24H27F6N5O6/c1-38-12-16(41-18-10-32-33-22(37)20(18)24(28,29)30)13-39-6-3-19(36)34-4-5-35-15(11-34)2-7-40-17-8-14(23(25,26)27)9-31-21(17)35/h8-10,15-16H,2-7,11-13H2,1H3,(H,33,37)/t15-,16-/m0/s1. The van der Waals surface area contributed by atoms with Gasteiger partial charge in [0.2, 0.25) is 5.91 Å². The van der Waals surface area contributed by atoms with E-state index in [9.17, 15) is 35.9 Å². The molecule has 0 aromatic carbocycles. The topological polar surface area (TPSA) is 119 Å². The zero-order valence-corrected chi connectivity index (χ0v) is 21.8. The van der Waals surface area contributed by atoms with Crippen LogP contribution in [0.4, 0.5) is 32.2 Å². The number of hydrogen-bond donors (Lipinski definition) is 1. The molecule has 2 aliphatic heterocycles. The number of aromatic nitrogens is 3. The van der Waals surface area contributed by atoms with Crippen LogP contribution in [-0.2, 0) is 26.6 Å². The van der Waals surface area contributed by atoms with Crippen LogP contribution < -0.4 is 19.9 Å². The number of anilines is 1. The van der Waals surface area contributed by atoms with E-state index in [2.05, 4.69) is 10.1 Å². The molecule has 2 atom stereocenters. The second-order valence-electron chi connectivity index (χ2n) is 9.32. The number of rotatable bonds is 9. The lowest BCUT2D eigenvalue weighted by molar-refractivity contribution is -0.141. The molecular formula is C24H27F6N5O6. The third-order valence-corrected chi connectivity index (χ3v) is 6.49. The van der Waals surface area contributed by atoms with E-state index in [-0.39, 0.29) is 50.5 Å². The van der Waals surface area contributed by atoms with E-state index in [1.54, 1.807) is 10.00 Å². The van der Waals surface area contributed by atoms with Gasteiger partial charge in [-0.05, 0) is 6.07 Å². The molecule has 17 heteroatoms. The number of hydrogen-bond acceptors (Lipinski definition) is 9. The first-order valence-electron chi connectivity index (χ1n) is 12.5. The van der Waals surface area contributed by atoms with Gasteiger partial charge in [0.25, 0.3) is 5.56 Å². The number of nitrogens with one attached hydrogen (secondary N) is 1. The van der Waals surface area contributed by atoms with E-state index in [1.807, 2.05) is 4.90 Å². The van der Waals surface area contributed by atoms with Crippen molar-refractivity contribution in [3.8, 4) is 11.5 Å². The van der Waals surface area contributed by atoms with E-state index >= 15 is 0 Å². The molecule has 0 saturated carbocycles. The number of ether oxygens (including phenoxy) is 4. The van der Waals surface area contributed by atoms with E-state index in [4.69, 9.17) is 18.9 Å². The Hall–Kier alpha value is -3.60. The highest BCUT2D eigenvalue weighted by Crippen LogP contribution is 2.38. The van der Waals surface area contributed by atoms with Crippen molar-refractivity contribution in [1.82, 2.24) is 20.1 Å². The fraction of sp³-hybridized carbons (Fsp3) is 0.583. The number of nitrogens with zero attached hydrogens (tertiary/aromatic N) is 4. The number of halogens is 6. The number of amides is 1. The Kier molecular flexibility index (Phi) is 9.26. The maximum atomic E-state index is 13.3. The molecule has 11 nitrogen and oxygen atoms in total. The first-order valence-corrected chi connectivity index (χ1v) is 12.5. The van der Waals surface area contributed by atoms with Crippen molar-refractivity contribution in [2.45, 2.75) is 37.3 Å². The zero-order valence-electron chi connectivity index (χ0n) is 21.8. The van der Waals surface area contributed by atoms with Crippen LogP contribution in [-0.4, -0.2) is 91.3 Å². The fourth-order valence-electron chi connectivity index (χ4n) is 4.58. The summed E-state index contributed by atoms with van der Waals surface area (Å²) in [5, 5.41) is 5.07. The number of pyridine rings is 1. The maximum Gasteiger partial charge on any atom is 0.425 e. The average molecular weight is 595 g/mol. The van der Waals surface area contributed by atoms with Crippen LogP contribution >= 0.6 is 0 Å². The largest absolute Gasteiger partial charge is 0.490 e. The Morgan fingerprint density at radius 2 is 1.95 bits per heavy atom. The molecule has 1 amide bonds. The van der Waals surface area contributed by atoms with Crippen LogP contribution in [0, 0.1) is 0 Å². The Balaban J connectivity index is 1.30. The summed E-state index contributed by atoms with van der Waals surface area (Å²) >= 11 is 0. The third-order valence-electron chi connectivity index (χ3n) is 6.49. The van der Waals surface area contributed by atoms with Crippen molar-refractivity contribution in [2.75, 3.05) is 58.1 Å². The summed E-state index contributed by atoms with van der Waals surface area (Å²) in [6.07, 6.45) is -8.63. The highest BCUT2D eigenvalue weighted by Gasteiger charge is 2.39. The number of carbonyl (C=O) groups excluding carboxylic acids is 1. The maximum absolute atomic E-state index is 13.3. The minimum absolute atomic E-state index is 0.0347. The number of methoxy groups -OCH3 is 1. The molecule has 1 N–H and O–H groups in total. The summed E-state index contributed by atoms with van der Waals surface area (Å²) in [7, 11) is 1.31. The van der Waals surface area contributed by atoms with Crippen LogP contribution in [0.2, 0.25) is 0 Å². The van der Waals surface area contributed by atoms with Gasteiger partial charge in [-0.2, -0.15) is 31.4 Å². The summed E-state index contributed by atoms with van der Waals surface area (Å²) in [4.78, 5) is 31.9. The van der Waals surface area contributed by atoms with Crippen molar-refractivity contribution in [3.63, 3.8) is 0 Å². The van der Waals surface area contributed by atoms with Gasteiger partial charge in [0, 0.05) is 39.4 Å². The Bertz CT molecular complexity index is 1270. The summed E-state index contributed by atoms with van der Waals surface area (Å²) in [5.74, 6) is -0.678. The van der Waals surface area contributed by atoms with Crippen molar-refractivity contribution >= 4 is 11.7 Å². The number of aromatic amines is 1. The van der Waals surface area contributed by atoms with Crippen molar-refractivity contribution in [3.05, 3.63) is 39.9 Å². The highest BCUT2D eigenvalue weighted by atomic mass is 19.4. The average Bonchev–Trinajstić information content (AvgIpc) is 3.08. The lowest BCUT2D eigenvalue weighted by Gasteiger charge is -2.41. The smallest absolute Gasteiger partial charge is 0.425 e. The second-order valence-corrected chi connectivity index (χ2v) is 9.32. The molecule has 0 aliphatic carbocycles. The number of alkyl halides is 6. The van der Waals surface area contributed by atoms with Gasteiger partial charge in [-0.25, -0.2) is 10.1 Å². The molecule has 2 aromatic heterocycles. The van der Waals surface area contributed by atoms with Gasteiger partial charge in [-0.1, -0.05) is 0 Å². The van der Waals surface area contributed by atoms with E-state index in [0.29, 0.717) is 31.9 Å². The highest BCUT2D eigenvalue weighted by molar-refractivity contribution is 5.76. The van der Waals surface area contributed by atoms with Crippen LogP contribution in [0.3, 0.4) is 0 Å². The molecule has 0 spiro atoms. The molecule has 226 valence electrons. The van der Waals surface area contributed by atoms with Gasteiger partial charge in [-0.3, -0.25) is 9.59 Å². The molecule has 4 heterocycles. The predicted molar refractivity (Wildman–Crippen MR) is 129 cm³/mol. The molecular weight excluding hydrogens is 568 g/mol. The van der Waals surface area contributed by atoms with Gasteiger partial charge < -0.3 is 28.7 Å². The molecule has 0 unspecified atom stereocenters. The molecule has 1 saturated heterocycles. The quantitative estimate of drug-likeness (QED) is 0.345. The monoisotopic (exact) mass is 595 g/mol. The molecule has 2 aliphatic rings. The van der Waals surface area contributed by atoms with Crippen molar-refractivity contribution in [1.29, 1.82) is 0 Å². The summed E-state index contributed by atoms with van der Waals surface area (Å²) in [6, 6.07) is 0.709. The van der Waals surface area contributed by atoms with Crippen LogP contribution in [0.15, 0.2) is 23.3 Å². The SMILES string of the molecule is COC[C@@H](COCCC(=O)N1CCN2c3ncc(C(F)(F)F)cc3OCC[C@H]2C1)Oc1cn[nH]c(=O)c1C(F)(F)F. The van der Waals surface area contributed by atoms with E-state index in [1.165, 1.54) is 7.11 Å². The summed E-state index contributed by atoms with van der Waals surface area (Å²) < 4.78 is 100. The van der Waals surface area contributed by atoms with Crippen molar-refractivity contribution in [2.24, 2.45) is 0 Å². The Labute approximate surface area is 229 Å². The predicted octanol–water partition coefficient (Wildman–Crippen LogP) is 2.50. The number of H-pyrrole nitrogens is 1. The molecule has 0 bridgehead atoms. The van der Waals surface area contributed by atoms with Crippen LogP contribution in [0.5, 0.6) is 11.5 Å². The van der Waals surface area contributed by atoms with E-state index in [0.717, 1.165) is 18.5 Å². The normalized spacial score (nSPS) is 18.2. The minimum atomic E-state index is -4.98. The first-order chi connectivity index (χ1) is 19.4. The van der Waals surface area contributed by atoms with Gasteiger partial charge in [0.1, 0.15) is 6.10 Å². The number of piperazine rings is 1. The Morgan fingerprint density at radius 3 is 2.66 bits per heavy atom. The second kappa shape index (κ2) is 12.5. The van der Waals surface area contributed by atoms with Gasteiger partial charge >= 0.3 is 12.4 Å².